The van der Waals surface area contributed by atoms with Gasteiger partial charge in [-0.3, -0.25) is 0 Å². The van der Waals surface area contributed by atoms with Gasteiger partial charge in [0.1, 0.15) is 5.82 Å². The molecule has 1 aromatic heterocycles. The van der Waals surface area contributed by atoms with Crippen molar-refractivity contribution >= 4 is 5.82 Å². The summed E-state index contributed by atoms with van der Waals surface area (Å²) in [7, 11) is 0. The zero-order valence-electron chi connectivity index (χ0n) is 12.3. The number of piperidine rings is 1. The van der Waals surface area contributed by atoms with E-state index in [1.807, 2.05) is 0 Å². The zero-order valence-corrected chi connectivity index (χ0v) is 12.3. The van der Waals surface area contributed by atoms with E-state index < -0.39 is 11.7 Å². The molecule has 1 fully saturated rings. The second-order valence-electron chi connectivity index (χ2n) is 5.54. The average molecular weight is 301 g/mol. The number of nitrogens with one attached hydrogen (secondary N) is 1. The fraction of sp³-hybridized carbons (Fsp3) is 0.667. The van der Waals surface area contributed by atoms with Crippen LogP contribution in [-0.4, -0.2) is 31.2 Å². The molecule has 0 aliphatic carbocycles. The van der Waals surface area contributed by atoms with Crippen LogP contribution in [0, 0.1) is 5.92 Å². The fourth-order valence-corrected chi connectivity index (χ4v) is 2.59. The van der Waals surface area contributed by atoms with E-state index in [0.717, 1.165) is 57.7 Å². The monoisotopic (exact) mass is 301 g/mol. The number of aromatic nitrogens is 1. The van der Waals surface area contributed by atoms with Crippen LogP contribution in [0.25, 0.3) is 0 Å². The smallest absolute Gasteiger partial charge is 0.357 e. The standard InChI is InChI=1S/C15H22F3N3/c1-2-7-19-10-12-5-8-21(9-6-12)14-4-3-13(11-20-14)15(16,17)18/h3-4,11-12,19H,2,5-10H2,1H3. The molecule has 1 saturated heterocycles. The highest BCUT2D eigenvalue weighted by Gasteiger charge is 2.31. The van der Waals surface area contributed by atoms with Crippen LogP contribution in [0.4, 0.5) is 19.0 Å². The normalized spacial score (nSPS) is 17.2. The van der Waals surface area contributed by atoms with Crippen LogP contribution in [0.1, 0.15) is 31.7 Å². The Balaban J connectivity index is 1.85. The molecule has 2 heterocycles. The van der Waals surface area contributed by atoms with Gasteiger partial charge in [-0.1, -0.05) is 6.92 Å². The van der Waals surface area contributed by atoms with Gasteiger partial charge in [-0.05, 0) is 50.4 Å². The molecule has 0 aromatic carbocycles. The molecule has 0 bridgehead atoms. The number of alkyl halides is 3. The number of rotatable bonds is 5. The van der Waals surface area contributed by atoms with Gasteiger partial charge in [0.2, 0.25) is 0 Å². The molecule has 0 atom stereocenters. The molecule has 1 aliphatic rings. The van der Waals surface area contributed by atoms with Gasteiger partial charge in [0.05, 0.1) is 5.56 Å². The summed E-state index contributed by atoms with van der Waals surface area (Å²) in [5.41, 5.74) is -0.690. The Morgan fingerprint density at radius 2 is 2.00 bits per heavy atom. The maximum atomic E-state index is 12.5. The lowest BCUT2D eigenvalue weighted by atomic mass is 9.96. The Morgan fingerprint density at radius 1 is 1.29 bits per heavy atom. The van der Waals surface area contributed by atoms with E-state index in [1.54, 1.807) is 0 Å². The number of hydrogen-bond acceptors (Lipinski definition) is 3. The quantitative estimate of drug-likeness (QED) is 0.846. The first-order chi connectivity index (χ1) is 10.0. The third-order valence-corrected chi connectivity index (χ3v) is 3.87. The topological polar surface area (TPSA) is 28.2 Å². The predicted octanol–water partition coefficient (Wildman–Crippen LogP) is 3.32. The van der Waals surface area contributed by atoms with Crippen molar-refractivity contribution in [1.82, 2.24) is 10.3 Å². The lowest BCUT2D eigenvalue weighted by Crippen LogP contribution is -2.37. The van der Waals surface area contributed by atoms with E-state index in [4.69, 9.17) is 0 Å². The van der Waals surface area contributed by atoms with Crippen LogP contribution in [0.3, 0.4) is 0 Å². The minimum Gasteiger partial charge on any atom is -0.357 e. The lowest BCUT2D eigenvalue weighted by Gasteiger charge is -2.33. The van der Waals surface area contributed by atoms with Gasteiger partial charge in [0.25, 0.3) is 0 Å². The summed E-state index contributed by atoms with van der Waals surface area (Å²) in [5, 5.41) is 3.42. The molecule has 0 radical (unpaired) electrons. The van der Waals surface area contributed by atoms with E-state index in [9.17, 15) is 13.2 Å². The Kier molecular flexibility index (Phi) is 5.45. The van der Waals surface area contributed by atoms with Gasteiger partial charge >= 0.3 is 6.18 Å². The summed E-state index contributed by atoms with van der Waals surface area (Å²) in [4.78, 5) is 6.03. The number of hydrogen-bond donors (Lipinski definition) is 1. The minimum absolute atomic E-state index is 0.642. The van der Waals surface area contributed by atoms with Crippen LogP contribution < -0.4 is 10.2 Å². The second-order valence-corrected chi connectivity index (χ2v) is 5.54. The average Bonchev–Trinajstić information content (AvgIpc) is 2.48. The Labute approximate surface area is 123 Å². The first-order valence-corrected chi connectivity index (χ1v) is 7.49. The molecule has 1 N–H and O–H groups in total. The molecule has 3 nitrogen and oxygen atoms in total. The molecular weight excluding hydrogens is 279 g/mol. The van der Waals surface area contributed by atoms with Crippen LogP contribution >= 0.6 is 0 Å². The SMILES string of the molecule is CCCNCC1CCN(c2ccc(C(F)(F)F)cn2)CC1. The molecule has 118 valence electrons. The van der Waals surface area contributed by atoms with Gasteiger partial charge < -0.3 is 10.2 Å². The maximum absolute atomic E-state index is 12.5. The second kappa shape index (κ2) is 7.11. The lowest BCUT2D eigenvalue weighted by molar-refractivity contribution is -0.137. The maximum Gasteiger partial charge on any atom is 0.417 e. The summed E-state index contributed by atoms with van der Waals surface area (Å²) in [5.74, 6) is 1.30. The summed E-state index contributed by atoms with van der Waals surface area (Å²) in [6, 6.07) is 2.58. The Hall–Kier alpha value is -1.30. The summed E-state index contributed by atoms with van der Waals surface area (Å²) in [6.45, 7) is 5.93. The van der Waals surface area contributed by atoms with Gasteiger partial charge in [0, 0.05) is 19.3 Å². The molecule has 21 heavy (non-hydrogen) atoms. The molecule has 0 spiro atoms. The predicted molar refractivity (Wildman–Crippen MR) is 77.3 cm³/mol. The highest BCUT2D eigenvalue weighted by atomic mass is 19.4. The largest absolute Gasteiger partial charge is 0.417 e. The molecule has 0 saturated carbocycles. The van der Waals surface area contributed by atoms with Crippen molar-refractivity contribution in [2.45, 2.75) is 32.4 Å². The van der Waals surface area contributed by atoms with Crippen LogP contribution in [0.15, 0.2) is 18.3 Å². The third kappa shape index (κ3) is 4.59. The van der Waals surface area contributed by atoms with Gasteiger partial charge in [-0.25, -0.2) is 4.98 Å². The Bertz CT molecular complexity index is 423. The van der Waals surface area contributed by atoms with Crippen molar-refractivity contribution in [2.24, 2.45) is 5.92 Å². The van der Waals surface area contributed by atoms with E-state index >= 15 is 0 Å². The molecule has 1 aliphatic heterocycles. The van der Waals surface area contributed by atoms with Crippen molar-refractivity contribution in [1.29, 1.82) is 0 Å². The first kappa shape index (κ1) is 16.1. The number of pyridine rings is 1. The van der Waals surface area contributed by atoms with Crippen LogP contribution in [-0.2, 0) is 6.18 Å². The van der Waals surface area contributed by atoms with E-state index in [-0.39, 0.29) is 0 Å². The molecular formula is C15H22F3N3. The van der Waals surface area contributed by atoms with Crippen molar-refractivity contribution in [3.05, 3.63) is 23.9 Å². The zero-order chi connectivity index (χ0) is 15.3. The number of halogens is 3. The van der Waals surface area contributed by atoms with Crippen molar-refractivity contribution in [3.8, 4) is 0 Å². The first-order valence-electron chi connectivity index (χ1n) is 7.49. The van der Waals surface area contributed by atoms with E-state index in [2.05, 4.69) is 22.1 Å². The third-order valence-electron chi connectivity index (χ3n) is 3.87. The fourth-order valence-electron chi connectivity index (χ4n) is 2.59. The highest BCUT2D eigenvalue weighted by molar-refractivity contribution is 5.40. The van der Waals surface area contributed by atoms with Crippen molar-refractivity contribution in [3.63, 3.8) is 0 Å². The van der Waals surface area contributed by atoms with E-state index in [0.29, 0.717) is 11.7 Å². The van der Waals surface area contributed by atoms with Crippen LogP contribution in [0.2, 0.25) is 0 Å². The molecule has 1 aromatic rings. The molecule has 6 heteroatoms. The van der Waals surface area contributed by atoms with Crippen LogP contribution in [0.5, 0.6) is 0 Å². The minimum atomic E-state index is -4.32. The number of anilines is 1. The highest BCUT2D eigenvalue weighted by Crippen LogP contribution is 2.30. The van der Waals surface area contributed by atoms with Gasteiger partial charge in [-0.15, -0.1) is 0 Å². The van der Waals surface area contributed by atoms with Gasteiger partial charge in [0.15, 0.2) is 0 Å². The van der Waals surface area contributed by atoms with Crippen molar-refractivity contribution in [2.75, 3.05) is 31.1 Å². The number of nitrogens with zero attached hydrogens (tertiary/aromatic N) is 2. The molecule has 0 amide bonds. The molecule has 2 rings (SSSR count). The summed E-state index contributed by atoms with van der Waals surface area (Å²) >= 11 is 0. The summed E-state index contributed by atoms with van der Waals surface area (Å²) in [6.07, 6.45) is -0.152. The van der Waals surface area contributed by atoms with Gasteiger partial charge in [-0.2, -0.15) is 13.2 Å². The summed E-state index contributed by atoms with van der Waals surface area (Å²) < 4.78 is 37.5. The molecule has 0 unspecified atom stereocenters. The Morgan fingerprint density at radius 3 is 2.52 bits per heavy atom. The van der Waals surface area contributed by atoms with Crippen molar-refractivity contribution < 1.29 is 13.2 Å². The van der Waals surface area contributed by atoms with E-state index in [1.165, 1.54) is 6.07 Å².